The lowest BCUT2D eigenvalue weighted by atomic mass is 10.2. The van der Waals surface area contributed by atoms with Crippen LogP contribution in [0, 0.1) is 5.82 Å². The van der Waals surface area contributed by atoms with Gasteiger partial charge in [-0.25, -0.2) is 9.37 Å². The van der Waals surface area contributed by atoms with Gasteiger partial charge in [-0.3, -0.25) is 0 Å². The number of nitrogens with two attached hydrogens (primary N) is 1. The molecule has 20 heavy (non-hydrogen) atoms. The minimum Gasteiger partial charge on any atom is -0.399 e. The number of H-pyrrole nitrogens is 1. The number of hydrogen-bond acceptors (Lipinski definition) is 3. The summed E-state index contributed by atoms with van der Waals surface area (Å²) in [7, 11) is 0. The number of anilines is 1. The molecule has 0 atom stereocenters. The first-order valence-corrected chi connectivity index (χ1v) is 7.71. The van der Waals surface area contributed by atoms with E-state index in [1.807, 2.05) is 18.2 Å². The minimum atomic E-state index is -0.246. The van der Waals surface area contributed by atoms with Crippen LogP contribution in [0.3, 0.4) is 0 Å². The molecule has 0 aliphatic heterocycles. The first-order chi connectivity index (χ1) is 9.61. The van der Waals surface area contributed by atoms with Crippen LogP contribution >= 0.6 is 27.7 Å². The second-order valence-corrected chi connectivity index (χ2v) is 6.16. The van der Waals surface area contributed by atoms with Crippen LogP contribution in [0.25, 0.3) is 11.0 Å². The highest BCUT2D eigenvalue weighted by molar-refractivity contribution is 9.10. The highest BCUT2D eigenvalue weighted by Gasteiger charge is 2.06. The normalized spacial score (nSPS) is 11.1. The number of halogens is 2. The summed E-state index contributed by atoms with van der Waals surface area (Å²) in [5.74, 6) is 0.459. The fourth-order valence-corrected chi connectivity index (χ4v) is 3.42. The Balaban J connectivity index is 1.79. The molecule has 1 aromatic heterocycles. The van der Waals surface area contributed by atoms with Crippen molar-refractivity contribution in [2.45, 2.75) is 10.9 Å². The Kier molecular flexibility index (Phi) is 3.67. The van der Waals surface area contributed by atoms with Crippen molar-refractivity contribution >= 4 is 44.4 Å². The van der Waals surface area contributed by atoms with E-state index in [1.165, 1.54) is 12.1 Å². The number of nitrogen functional groups attached to an aromatic ring is 1. The van der Waals surface area contributed by atoms with Crippen LogP contribution in [0.2, 0.25) is 0 Å². The van der Waals surface area contributed by atoms with Crippen LogP contribution in [0.4, 0.5) is 10.1 Å². The Morgan fingerprint density at radius 2 is 2.10 bits per heavy atom. The van der Waals surface area contributed by atoms with Gasteiger partial charge in [0.2, 0.25) is 0 Å². The van der Waals surface area contributed by atoms with Crippen molar-refractivity contribution in [3.8, 4) is 0 Å². The van der Waals surface area contributed by atoms with Gasteiger partial charge in [-0.1, -0.05) is 33.8 Å². The number of thioether (sulfide) groups is 1. The second kappa shape index (κ2) is 5.46. The van der Waals surface area contributed by atoms with Crippen LogP contribution in [0.5, 0.6) is 0 Å². The molecule has 0 bridgehead atoms. The lowest BCUT2D eigenvalue weighted by Crippen LogP contribution is -1.85. The van der Waals surface area contributed by atoms with Gasteiger partial charge in [0.25, 0.3) is 0 Å². The molecule has 1 heterocycles. The fraction of sp³-hybridized carbons (Fsp3) is 0.0714. The third-order valence-corrected chi connectivity index (χ3v) is 4.52. The summed E-state index contributed by atoms with van der Waals surface area (Å²) >= 11 is 4.93. The molecule has 0 spiro atoms. The van der Waals surface area contributed by atoms with Crippen LogP contribution in [0.15, 0.2) is 46.0 Å². The zero-order chi connectivity index (χ0) is 14.1. The molecule has 0 unspecified atom stereocenters. The highest BCUT2D eigenvalue weighted by Crippen LogP contribution is 2.27. The molecule has 0 aliphatic carbocycles. The van der Waals surface area contributed by atoms with Gasteiger partial charge >= 0.3 is 0 Å². The minimum absolute atomic E-state index is 0.246. The molecular weight excluding hydrogens is 341 g/mol. The summed E-state index contributed by atoms with van der Waals surface area (Å²) in [5, 5.41) is 0.821. The lowest BCUT2D eigenvalue weighted by molar-refractivity contribution is 0.626. The van der Waals surface area contributed by atoms with E-state index in [2.05, 4.69) is 25.9 Å². The van der Waals surface area contributed by atoms with Gasteiger partial charge in [-0.05, 0) is 35.9 Å². The Labute approximate surface area is 127 Å². The van der Waals surface area contributed by atoms with Crippen molar-refractivity contribution in [1.29, 1.82) is 0 Å². The Hall–Kier alpha value is -1.53. The first kappa shape index (κ1) is 13.5. The number of rotatable bonds is 3. The average Bonchev–Trinajstić information content (AvgIpc) is 2.79. The summed E-state index contributed by atoms with van der Waals surface area (Å²) in [4.78, 5) is 7.70. The van der Waals surface area contributed by atoms with Crippen LogP contribution in [0.1, 0.15) is 5.56 Å². The molecule has 6 heteroatoms. The maximum atomic E-state index is 13.0. The molecule has 0 aliphatic rings. The van der Waals surface area contributed by atoms with Crippen LogP contribution in [-0.4, -0.2) is 9.97 Å². The van der Waals surface area contributed by atoms with E-state index < -0.39 is 0 Å². The van der Waals surface area contributed by atoms with Gasteiger partial charge in [0.05, 0.1) is 11.0 Å². The number of aromatic nitrogens is 2. The van der Waals surface area contributed by atoms with E-state index in [0.717, 1.165) is 26.2 Å². The molecular formula is C14H11BrFN3S. The third kappa shape index (κ3) is 2.81. The van der Waals surface area contributed by atoms with Gasteiger partial charge in [-0.2, -0.15) is 0 Å². The van der Waals surface area contributed by atoms with Gasteiger partial charge in [0.15, 0.2) is 5.16 Å². The first-order valence-electron chi connectivity index (χ1n) is 5.94. The zero-order valence-electron chi connectivity index (χ0n) is 10.4. The molecule has 2 aromatic carbocycles. The van der Waals surface area contributed by atoms with E-state index in [4.69, 9.17) is 5.73 Å². The number of imidazole rings is 1. The number of fused-ring (bicyclic) bond motifs is 1. The topological polar surface area (TPSA) is 54.7 Å². The molecule has 102 valence electrons. The van der Waals surface area contributed by atoms with E-state index in [-0.39, 0.29) is 5.82 Å². The van der Waals surface area contributed by atoms with Gasteiger partial charge in [-0.15, -0.1) is 0 Å². The van der Waals surface area contributed by atoms with E-state index >= 15 is 0 Å². The van der Waals surface area contributed by atoms with Crippen molar-refractivity contribution in [3.63, 3.8) is 0 Å². The number of benzene rings is 2. The summed E-state index contributed by atoms with van der Waals surface area (Å²) in [6, 6.07) is 10.3. The van der Waals surface area contributed by atoms with E-state index in [9.17, 15) is 4.39 Å². The Morgan fingerprint density at radius 1 is 1.25 bits per heavy atom. The summed E-state index contributed by atoms with van der Waals surface area (Å²) in [6.07, 6.45) is 0. The molecule has 0 saturated carbocycles. The molecule has 0 saturated heterocycles. The maximum absolute atomic E-state index is 13.0. The summed E-state index contributed by atoms with van der Waals surface area (Å²) in [6.45, 7) is 0. The van der Waals surface area contributed by atoms with Gasteiger partial charge in [0, 0.05) is 15.9 Å². The number of nitrogens with one attached hydrogen (secondary N) is 1. The summed E-state index contributed by atoms with van der Waals surface area (Å²) in [5.41, 5.74) is 9.28. The number of aromatic amines is 1. The zero-order valence-corrected chi connectivity index (χ0v) is 12.8. The quantitative estimate of drug-likeness (QED) is 0.545. The molecule has 3 aromatic rings. The third-order valence-electron chi connectivity index (χ3n) is 2.86. The number of nitrogens with zero attached hydrogens (tertiary/aromatic N) is 1. The van der Waals surface area contributed by atoms with Crippen molar-refractivity contribution in [1.82, 2.24) is 9.97 Å². The molecule has 3 N–H and O–H groups in total. The molecule has 3 rings (SSSR count). The van der Waals surface area contributed by atoms with Crippen LogP contribution < -0.4 is 5.73 Å². The molecule has 0 fully saturated rings. The Morgan fingerprint density at radius 3 is 2.90 bits per heavy atom. The highest BCUT2D eigenvalue weighted by atomic mass is 79.9. The molecule has 0 radical (unpaired) electrons. The predicted molar refractivity (Wildman–Crippen MR) is 84.2 cm³/mol. The van der Waals surface area contributed by atoms with Crippen LogP contribution in [-0.2, 0) is 5.75 Å². The molecule has 0 amide bonds. The molecule has 3 nitrogen and oxygen atoms in total. The monoisotopic (exact) mass is 351 g/mol. The largest absolute Gasteiger partial charge is 0.399 e. The van der Waals surface area contributed by atoms with E-state index in [0.29, 0.717) is 11.4 Å². The van der Waals surface area contributed by atoms with Crippen molar-refractivity contribution in [3.05, 3.63) is 52.3 Å². The van der Waals surface area contributed by atoms with Gasteiger partial charge < -0.3 is 10.7 Å². The van der Waals surface area contributed by atoms with Gasteiger partial charge in [0.1, 0.15) is 5.82 Å². The van der Waals surface area contributed by atoms with Crippen molar-refractivity contribution in [2.24, 2.45) is 0 Å². The lowest BCUT2D eigenvalue weighted by Gasteiger charge is -2.02. The summed E-state index contributed by atoms with van der Waals surface area (Å²) < 4.78 is 13.8. The van der Waals surface area contributed by atoms with Crippen molar-refractivity contribution < 1.29 is 4.39 Å². The predicted octanol–water partition coefficient (Wildman–Crippen LogP) is 4.34. The Bertz CT molecular complexity index is 772. The van der Waals surface area contributed by atoms with E-state index in [1.54, 1.807) is 17.8 Å². The average molecular weight is 352 g/mol. The fourth-order valence-electron chi connectivity index (χ4n) is 1.86. The number of hydrogen-bond donors (Lipinski definition) is 2. The second-order valence-electron chi connectivity index (χ2n) is 4.34. The smallest absolute Gasteiger partial charge is 0.166 e. The standard InChI is InChI=1S/C14H11BrFN3S/c15-11-5-9(16)2-1-8(11)7-20-14-18-12-4-3-10(17)6-13(12)19-14/h1-6H,7,17H2,(H,18,19). The maximum Gasteiger partial charge on any atom is 0.166 e. The van der Waals surface area contributed by atoms with Crippen molar-refractivity contribution in [2.75, 3.05) is 5.73 Å². The SMILES string of the molecule is Nc1ccc2nc(SCc3ccc(F)cc3Br)[nH]c2c1.